The number of alkyl halides is 2. The third-order valence-corrected chi connectivity index (χ3v) is 3.76. The topological polar surface area (TPSA) is 50.4 Å². The average Bonchev–Trinajstić information content (AvgIpc) is 2.84. The fourth-order valence-corrected chi connectivity index (χ4v) is 2.53. The maximum atomic E-state index is 12.2. The molecule has 0 aliphatic carbocycles. The van der Waals surface area contributed by atoms with Crippen molar-refractivity contribution >= 4 is 5.91 Å². The number of ether oxygens (including phenoxy) is 1. The van der Waals surface area contributed by atoms with Gasteiger partial charge in [0.15, 0.2) is 0 Å². The first-order valence-corrected chi connectivity index (χ1v) is 7.06. The lowest BCUT2D eigenvalue weighted by molar-refractivity contribution is -0.124. The van der Waals surface area contributed by atoms with Crippen LogP contribution in [0.5, 0.6) is 5.75 Å². The fourth-order valence-electron chi connectivity index (χ4n) is 2.53. The van der Waals surface area contributed by atoms with Gasteiger partial charge in [0.1, 0.15) is 5.75 Å². The van der Waals surface area contributed by atoms with Crippen molar-refractivity contribution in [2.75, 3.05) is 6.54 Å². The van der Waals surface area contributed by atoms with E-state index in [-0.39, 0.29) is 23.7 Å². The standard InChI is InChI=1S/C15H20F2N2O2/c1-9-6-7-18-13(9)14(20)19-10(2)11-4-3-5-12(8-11)21-15(16)17/h3-5,8-10,13,15,18H,6-7H2,1-2H3,(H,19,20). The summed E-state index contributed by atoms with van der Waals surface area (Å²) in [6.45, 7) is 1.84. The molecule has 1 heterocycles. The summed E-state index contributed by atoms with van der Waals surface area (Å²) in [4.78, 5) is 12.2. The van der Waals surface area contributed by atoms with E-state index in [9.17, 15) is 13.6 Å². The maximum Gasteiger partial charge on any atom is 0.387 e. The molecule has 116 valence electrons. The predicted octanol–water partition coefficient (Wildman–Crippen LogP) is 2.46. The number of amides is 1. The van der Waals surface area contributed by atoms with Gasteiger partial charge in [0.25, 0.3) is 0 Å². The van der Waals surface area contributed by atoms with Gasteiger partial charge in [-0.3, -0.25) is 4.79 Å². The lowest BCUT2D eigenvalue weighted by atomic mass is 10.0. The second-order valence-electron chi connectivity index (χ2n) is 5.38. The molecule has 0 aromatic heterocycles. The molecule has 21 heavy (non-hydrogen) atoms. The van der Waals surface area contributed by atoms with Crippen molar-refractivity contribution in [2.45, 2.75) is 39.0 Å². The van der Waals surface area contributed by atoms with E-state index in [1.807, 2.05) is 13.8 Å². The van der Waals surface area contributed by atoms with E-state index in [2.05, 4.69) is 15.4 Å². The quantitative estimate of drug-likeness (QED) is 0.878. The third kappa shape index (κ3) is 4.14. The molecule has 1 aromatic carbocycles. The van der Waals surface area contributed by atoms with Gasteiger partial charge in [-0.15, -0.1) is 0 Å². The minimum absolute atomic E-state index is 0.0623. The smallest absolute Gasteiger partial charge is 0.387 e. The molecule has 1 aromatic rings. The Morgan fingerprint density at radius 2 is 2.24 bits per heavy atom. The van der Waals surface area contributed by atoms with Crippen molar-refractivity contribution < 1.29 is 18.3 Å². The van der Waals surface area contributed by atoms with Gasteiger partial charge in [0.05, 0.1) is 12.1 Å². The molecule has 1 saturated heterocycles. The van der Waals surface area contributed by atoms with Crippen LogP contribution in [-0.2, 0) is 4.79 Å². The number of carbonyl (C=O) groups excluding carboxylic acids is 1. The monoisotopic (exact) mass is 298 g/mol. The minimum Gasteiger partial charge on any atom is -0.435 e. The van der Waals surface area contributed by atoms with E-state index in [1.165, 1.54) is 12.1 Å². The van der Waals surface area contributed by atoms with E-state index in [0.29, 0.717) is 5.92 Å². The first-order chi connectivity index (χ1) is 9.97. The molecule has 0 saturated carbocycles. The van der Waals surface area contributed by atoms with Crippen LogP contribution in [0.15, 0.2) is 24.3 Å². The molecule has 3 unspecified atom stereocenters. The number of benzene rings is 1. The molecule has 2 N–H and O–H groups in total. The highest BCUT2D eigenvalue weighted by Gasteiger charge is 2.29. The molecular formula is C15H20F2N2O2. The van der Waals surface area contributed by atoms with Crippen molar-refractivity contribution in [2.24, 2.45) is 5.92 Å². The molecule has 4 nitrogen and oxygen atoms in total. The summed E-state index contributed by atoms with van der Waals surface area (Å²) in [5, 5.41) is 6.07. The van der Waals surface area contributed by atoms with Gasteiger partial charge in [0.2, 0.25) is 5.91 Å². The molecular weight excluding hydrogens is 278 g/mol. The van der Waals surface area contributed by atoms with Gasteiger partial charge in [-0.25, -0.2) is 0 Å². The van der Waals surface area contributed by atoms with Gasteiger partial charge >= 0.3 is 6.61 Å². The largest absolute Gasteiger partial charge is 0.435 e. The Hall–Kier alpha value is -1.69. The summed E-state index contributed by atoms with van der Waals surface area (Å²) in [7, 11) is 0. The molecule has 1 amide bonds. The predicted molar refractivity (Wildman–Crippen MR) is 75.2 cm³/mol. The lowest BCUT2D eigenvalue weighted by Gasteiger charge is -2.20. The van der Waals surface area contributed by atoms with Crippen LogP contribution in [0, 0.1) is 5.92 Å². The van der Waals surface area contributed by atoms with Crippen LogP contribution in [0.4, 0.5) is 8.78 Å². The number of rotatable bonds is 5. The summed E-state index contributed by atoms with van der Waals surface area (Å²) in [6.07, 6.45) is 0.976. The average molecular weight is 298 g/mol. The Kier molecular flexibility index (Phi) is 5.12. The van der Waals surface area contributed by atoms with E-state index in [0.717, 1.165) is 18.5 Å². The lowest BCUT2D eigenvalue weighted by Crippen LogP contribution is -2.44. The molecule has 0 bridgehead atoms. The second kappa shape index (κ2) is 6.85. The van der Waals surface area contributed by atoms with E-state index in [1.54, 1.807) is 12.1 Å². The van der Waals surface area contributed by atoms with Crippen LogP contribution in [0.25, 0.3) is 0 Å². The molecule has 0 radical (unpaired) electrons. The number of halogens is 2. The van der Waals surface area contributed by atoms with Crippen molar-refractivity contribution in [3.05, 3.63) is 29.8 Å². The Labute approximate surface area is 122 Å². The number of nitrogens with one attached hydrogen (secondary N) is 2. The summed E-state index contributed by atoms with van der Waals surface area (Å²) in [6, 6.07) is 5.93. The van der Waals surface area contributed by atoms with Crippen LogP contribution in [0.3, 0.4) is 0 Å². The zero-order chi connectivity index (χ0) is 15.4. The highest BCUT2D eigenvalue weighted by atomic mass is 19.3. The second-order valence-corrected chi connectivity index (χ2v) is 5.38. The number of hydrogen-bond acceptors (Lipinski definition) is 3. The van der Waals surface area contributed by atoms with E-state index >= 15 is 0 Å². The Balaban J connectivity index is 1.99. The Morgan fingerprint density at radius 1 is 1.48 bits per heavy atom. The molecule has 0 spiro atoms. The van der Waals surface area contributed by atoms with Crippen molar-refractivity contribution in [3.8, 4) is 5.75 Å². The maximum absolute atomic E-state index is 12.2. The molecule has 6 heteroatoms. The molecule has 1 fully saturated rings. The van der Waals surface area contributed by atoms with Gasteiger partial charge in [0, 0.05) is 0 Å². The summed E-state index contributed by atoms with van der Waals surface area (Å²) in [5.41, 5.74) is 0.729. The molecule has 2 rings (SSSR count). The Bertz CT molecular complexity index is 496. The van der Waals surface area contributed by atoms with Crippen molar-refractivity contribution in [3.63, 3.8) is 0 Å². The Morgan fingerprint density at radius 3 is 2.86 bits per heavy atom. The van der Waals surface area contributed by atoms with Crippen LogP contribution in [-0.4, -0.2) is 25.1 Å². The first-order valence-electron chi connectivity index (χ1n) is 7.06. The van der Waals surface area contributed by atoms with Crippen LogP contribution < -0.4 is 15.4 Å². The van der Waals surface area contributed by atoms with Gasteiger partial charge in [-0.1, -0.05) is 19.1 Å². The zero-order valence-corrected chi connectivity index (χ0v) is 12.1. The molecule has 1 aliphatic rings. The summed E-state index contributed by atoms with van der Waals surface area (Å²) >= 11 is 0. The normalized spacial score (nSPS) is 23.1. The van der Waals surface area contributed by atoms with E-state index in [4.69, 9.17) is 0 Å². The van der Waals surface area contributed by atoms with Gasteiger partial charge in [-0.2, -0.15) is 8.78 Å². The zero-order valence-electron chi connectivity index (χ0n) is 12.1. The van der Waals surface area contributed by atoms with Crippen LogP contribution >= 0.6 is 0 Å². The van der Waals surface area contributed by atoms with E-state index < -0.39 is 6.61 Å². The minimum atomic E-state index is -2.85. The number of carbonyl (C=O) groups is 1. The fraction of sp³-hybridized carbons (Fsp3) is 0.533. The summed E-state index contributed by atoms with van der Waals surface area (Å²) in [5.74, 6) is 0.328. The van der Waals surface area contributed by atoms with Gasteiger partial charge < -0.3 is 15.4 Å². The van der Waals surface area contributed by atoms with Crippen molar-refractivity contribution in [1.29, 1.82) is 0 Å². The molecule has 3 atom stereocenters. The van der Waals surface area contributed by atoms with Crippen LogP contribution in [0.2, 0.25) is 0 Å². The highest BCUT2D eigenvalue weighted by molar-refractivity contribution is 5.82. The molecule has 1 aliphatic heterocycles. The van der Waals surface area contributed by atoms with Gasteiger partial charge in [-0.05, 0) is 43.5 Å². The van der Waals surface area contributed by atoms with Crippen molar-refractivity contribution in [1.82, 2.24) is 10.6 Å². The third-order valence-electron chi connectivity index (χ3n) is 3.76. The number of hydrogen-bond donors (Lipinski definition) is 2. The highest BCUT2D eigenvalue weighted by Crippen LogP contribution is 2.21. The summed E-state index contributed by atoms with van der Waals surface area (Å²) < 4.78 is 28.8. The SMILES string of the molecule is CC(NC(=O)C1NCCC1C)c1cccc(OC(F)F)c1. The first kappa shape index (κ1) is 15.7. The van der Waals surface area contributed by atoms with Crippen LogP contribution in [0.1, 0.15) is 31.9 Å².